The Hall–Kier alpha value is -3.59. The number of anilines is 1. The summed E-state index contributed by atoms with van der Waals surface area (Å²) in [7, 11) is 3.26. The van der Waals surface area contributed by atoms with Gasteiger partial charge in [-0.05, 0) is 36.8 Å². The lowest BCUT2D eigenvalue weighted by atomic mass is 9.87. The average molecular weight is 481 g/mol. The average Bonchev–Trinajstić information content (AvgIpc) is 2.89. The number of carbonyl (C=O) groups excluding carboxylic acids is 2. The highest BCUT2D eigenvalue weighted by molar-refractivity contribution is 6.10. The molecule has 2 aromatic rings. The third-order valence-corrected chi connectivity index (χ3v) is 6.41. The van der Waals surface area contributed by atoms with Crippen molar-refractivity contribution in [2.45, 2.75) is 13.0 Å². The summed E-state index contributed by atoms with van der Waals surface area (Å²) in [5.41, 5.74) is 2.44. The van der Waals surface area contributed by atoms with Gasteiger partial charge in [-0.15, -0.1) is 0 Å². The smallest absolute Gasteiger partial charge is 0.341 e. The Morgan fingerprint density at radius 3 is 2.40 bits per heavy atom. The molecular weight excluding hydrogens is 448 g/mol. The number of esters is 1. The van der Waals surface area contributed by atoms with Gasteiger partial charge in [0, 0.05) is 44.5 Å². The molecule has 35 heavy (non-hydrogen) atoms. The summed E-state index contributed by atoms with van der Waals surface area (Å²) >= 11 is 0. The molecule has 2 heterocycles. The van der Waals surface area contributed by atoms with E-state index >= 15 is 0 Å². The van der Waals surface area contributed by atoms with Crippen LogP contribution in [0.1, 0.15) is 18.5 Å². The first-order valence-corrected chi connectivity index (χ1v) is 11.8. The molecule has 4 rings (SSSR count). The molecule has 0 saturated carbocycles. The van der Waals surface area contributed by atoms with Gasteiger partial charge in [0.25, 0.3) is 0 Å². The van der Waals surface area contributed by atoms with E-state index in [0.29, 0.717) is 18.0 Å². The highest BCUT2D eigenvalue weighted by atomic mass is 16.5. The molecule has 0 aromatic heterocycles. The van der Waals surface area contributed by atoms with Gasteiger partial charge in [-0.1, -0.05) is 18.2 Å². The van der Waals surface area contributed by atoms with Crippen molar-refractivity contribution < 1.29 is 23.8 Å². The molecule has 1 fully saturated rings. The maximum Gasteiger partial charge on any atom is 0.341 e. The van der Waals surface area contributed by atoms with Gasteiger partial charge in [-0.2, -0.15) is 0 Å². The van der Waals surface area contributed by atoms with Gasteiger partial charge >= 0.3 is 12.0 Å². The van der Waals surface area contributed by atoms with Crippen LogP contribution in [0, 0.1) is 5.92 Å². The summed E-state index contributed by atoms with van der Waals surface area (Å²) < 4.78 is 16.0. The molecule has 0 aliphatic carbocycles. The van der Waals surface area contributed by atoms with E-state index in [1.165, 1.54) is 0 Å². The fraction of sp³-hybridized carbons (Fsp3) is 0.423. The molecule has 2 amide bonds. The minimum atomic E-state index is -0.697. The largest absolute Gasteiger partial charge is 0.497 e. The zero-order valence-electron chi connectivity index (χ0n) is 20.4. The fourth-order valence-electron chi connectivity index (χ4n) is 4.57. The first kappa shape index (κ1) is 24.5. The molecule has 2 unspecified atom stereocenters. The topological polar surface area (TPSA) is 92.7 Å². The van der Waals surface area contributed by atoms with Gasteiger partial charge in [0.05, 0.1) is 32.6 Å². The Kier molecular flexibility index (Phi) is 7.87. The predicted octanol–water partition coefficient (Wildman–Crippen LogP) is 2.91. The quantitative estimate of drug-likeness (QED) is 0.581. The van der Waals surface area contributed by atoms with E-state index in [0.717, 1.165) is 43.2 Å². The number of ether oxygens (including phenoxy) is 3. The predicted molar refractivity (Wildman–Crippen MR) is 133 cm³/mol. The zero-order chi connectivity index (χ0) is 24.8. The van der Waals surface area contributed by atoms with Crippen LogP contribution in [0.2, 0.25) is 0 Å². The van der Waals surface area contributed by atoms with E-state index < -0.39 is 18.0 Å². The van der Waals surface area contributed by atoms with Crippen LogP contribution in [0.25, 0.3) is 0 Å². The Labute approximate surface area is 205 Å². The van der Waals surface area contributed by atoms with Crippen LogP contribution in [0.3, 0.4) is 0 Å². The number of hydrogen-bond donors (Lipinski definition) is 1. The monoisotopic (exact) mass is 480 g/mol. The molecule has 2 aliphatic heterocycles. The van der Waals surface area contributed by atoms with Crippen molar-refractivity contribution in [3.63, 3.8) is 0 Å². The van der Waals surface area contributed by atoms with Crippen LogP contribution in [-0.4, -0.2) is 76.2 Å². The van der Waals surface area contributed by atoms with Crippen LogP contribution in [0.5, 0.6) is 11.5 Å². The molecule has 2 atom stereocenters. The van der Waals surface area contributed by atoms with E-state index in [-0.39, 0.29) is 12.6 Å². The summed E-state index contributed by atoms with van der Waals surface area (Å²) in [4.78, 5) is 34.3. The number of piperazine rings is 1. The number of methoxy groups -OCH3 is 2. The second-order valence-electron chi connectivity index (χ2n) is 8.50. The van der Waals surface area contributed by atoms with Gasteiger partial charge in [0.1, 0.15) is 17.4 Å². The van der Waals surface area contributed by atoms with Gasteiger partial charge in [0.2, 0.25) is 0 Å². The molecule has 186 valence electrons. The number of rotatable bonds is 8. The van der Waals surface area contributed by atoms with Crippen molar-refractivity contribution in [2.75, 3.05) is 58.5 Å². The second kappa shape index (κ2) is 11.2. The van der Waals surface area contributed by atoms with E-state index in [2.05, 4.69) is 26.2 Å². The van der Waals surface area contributed by atoms with Crippen molar-refractivity contribution in [2.24, 2.45) is 10.9 Å². The molecule has 0 bridgehead atoms. The normalized spacial score (nSPS) is 20.6. The zero-order valence-corrected chi connectivity index (χ0v) is 20.4. The second-order valence-corrected chi connectivity index (χ2v) is 8.50. The third-order valence-electron chi connectivity index (χ3n) is 6.41. The first-order chi connectivity index (χ1) is 17.0. The highest BCUT2D eigenvalue weighted by Crippen LogP contribution is 2.30. The van der Waals surface area contributed by atoms with E-state index in [4.69, 9.17) is 14.2 Å². The van der Waals surface area contributed by atoms with E-state index in [1.807, 2.05) is 42.5 Å². The maximum absolute atomic E-state index is 13.0. The van der Waals surface area contributed by atoms with Crippen molar-refractivity contribution in [1.29, 1.82) is 0 Å². The van der Waals surface area contributed by atoms with E-state index in [9.17, 15) is 9.59 Å². The van der Waals surface area contributed by atoms with Crippen molar-refractivity contribution >= 4 is 23.4 Å². The summed E-state index contributed by atoms with van der Waals surface area (Å²) in [6.07, 6.45) is 0. The van der Waals surface area contributed by atoms with Crippen molar-refractivity contribution in [3.05, 3.63) is 54.1 Å². The number of aliphatic imine (C=N–C) groups is 1. The number of hydrogen-bond acceptors (Lipinski definition) is 7. The summed E-state index contributed by atoms with van der Waals surface area (Å²) in [5, 5.41) is 2.86. The molecular formula is C26H32N4O5. The number of amides is 2. The minimum absolute atomic E-state index is 0.255. The number of carbonyl (C=O) groups is 2. The molecule has 9 heteroatoms. The summed E-state index contributed by atoms with van der Waals surface area (Å²) in [6, 6.07) is 14.3. The van der Waals surface area contributed by atoms with E-state index in [1.54, 1.807) is 21.1 Å². The van der Waals surface area contributed by atoms with Gasteiger partial charge in [0.15, 0.2) is 0 Å². The van der Waals surface area contributed by atoms with Gasteiger partial charge in [-0.3, -0.25) is 9.69 Å². The molecule has 2 aromatic carbocycles. The van der Waals surface area contributed by atoms with Crippen LogP contribution in [0.4, 0.5) is 10.5 Å². The number of urea groups is 1. The SMILES string of the molecule is CCOC(=O)C1C(CN2CCN(c3cccc(OC)c3)CC2)=NC(=O)NC1c1ccc(OC)cc1. The maximum atomic E-state index is 13.0. The van der Waals surface area contributed by atoms with Crippen LogP contribution < -0.4 is 19.7 Å². The molecule has 1 saturated heterocycles. The van der Waals surface area contributed by atoms with Gasteiger partial charge in [-0.25, -0.2) is 9.79 Å². The van der Waals surface area contributed by atoms with Crippen LogP contribution >= 0.6 is 0 Å². The number of nitrogens with zero attached hydrogens (tertiary/aromatic N) is 3. The van der Waals surface area contributed by atoms with Crippen molar-refractivity contribution in [3.8, 4) is 11.5 Å². The number of benzene rings is 2. The van der Waals surface area contributed by atoms with Crippen molar-refractivity contribution in [1.82, 2.24) is 10.2 Å². The highest BCUT2D eigenvalue weighted by Gasteiger charge is 2.40. The molecule has 1 N–H and O–H groups in total. The Morgan fingerprint density at radius 2 is 1.74 bits per heavy atom. The molecule has 0 radical (unpaired) electrons. The Morgan fingerprint density at radius 1 is 1.03 bits per heavy atom. The van der Waals surface area contributed by atoms with Gasteiger partial charge < -0.3 is 24.4 Å². The first-order valence-electron chi connectivity index (χ1n) is 11.8. The van der Waals surface area contributed by atoms with Crippen LogP contribution in [-0.2, 0) is 9.53 Å². The Bertz CT molecular complexity index is 1060. The summed E-state index contributed by atoms with van der Waals surface area (Å²) in [5.74, 6) is 0.445. The standard InChI is InChI=1S/C26H32N4O5/c1-4-35-25(31)23-22(27-26(32)28-24(23)18-8-10-20(33-2)11-9-18)17-29-12-14-30(15-13-29)19-6-5-7-21(16-19)34-3/h5-11,16,23-24H,4,12-15,17H2,1-3H3,(H,28,32). The Balaban J connectivity index is 1.49. The lowest BCUT2D eigenvalue weighted by Gasteiger charge is -2.38. The third kappa shape index (κ3) is 5.74. The van der Waals surface area contributed by atoms with Crippen LogP contribution in [0.15, 0.2) is 53.5 Å². The molecule has 0 spiro atoms. The summed E-state index contributed by atoms with van der Waals surface area (Å²) in [6.45, 7) is 5.65. The fourth-order valence-corrected chi connectivity index (χ4v) is 4.57. The lowest BCUT2D eigenvalue weighted by molar-refractivity contribution is -0.146. The molecule has 9 nitrogen and oxygen atoms in total. The minimum Gasteiger partial charge on any atom is -0.497 e. The lowest BCUT2D eigenvalue weighted by Crippen LogP contribution is -2.52. The molecule has 2 aliphatic rings. The number of nitrogens with one attached hydrogen (secondary N) is 1.